The zero-order valence-corrected chi connectivity index (χ0v) is 8.68. The van der Waals surface area contributed by atoms with E-state index in [0.29, 0.717) is 0 Å². The highest BCUT2D eigenvalue weighted by Crippen LogP contribution is 2.28. The van der Waals surface area contributed by atoms with Crippen molar-refractivity contribution >= 4 is 5.91 Å². The lowest BCUT2D eigenvalue weighted by Crippen LogP contribution is -2.50. The Morgan fingerprint density at radius 2 is 2.06 bits per heavy atom. The summed E-state index contributed by atoms with van der Waals surface area (Å²) in [7, 11) is 0. The lowest BCUT2D eigenvalue weighted by atomic mass is 9.87. The van der Waals surface area contributed by atoms with Gasteiger partial charge in [-0.05, 0) is 25.0 Å². The van der Waals surface area contributed by atoms with Crippen LogP contribution in [0.4, 0.5) is 0 Å². The molecule has 0 radical (unpaired) electrons. The number of carbonyl (C=O) groups excluding carboxylic acids is 1. The van der Waals surface area contributed by atoms with Crippen molar-refractivity contribution in [2.24, 2.45) is 5.73 Å². The first-order valence-corrected chi connectivity index (χ1v) is 5.15. The van der Waals surface area contributed by atoms with Gasteiger partial charge in [-0.25, -0.2) is 0 Å². The van der Waals surface area contributed by atoms with E-state index in [9.17, 15) is 15.0 Å². The number of hydrogen-bond acceptors (Lipinski definition) is 4. The third-order valence-corrected chi connectivity index (χ3v) is 2.77. The van der Waals surface area contributed by atoms with Crippen LogP contribution in [-0.2, 0) is 0 Å². The summed E-state index contributed by atoms with van der Waals surface area (Å²) < 4.78 is 0. The maximum Gasteiger partial charge on any atom is 0.255 e. The van der Waals surface area contributed by atoms with E-state index >= 15 is 0 Å². The van der Waals surface area contributed by atoms with Crippen LogP contribution in [-0.4, -0.2) is 28.2 Å². The molecule has 0 saturated heterocycles. The number of para-hydroxylation sites is 1. The predicted octanol–water partition coefficient (Wildman–Crippen LogP) is 0.317. The van der Waals surface area contributed by atoms with Crippen molar-refractivity contribution in [3.63, 3.8) is 0 Å². The quantitative estimate of drug-likeness (QED) is 0.542. The van der Waals surface area contributed by atoms with Gasteiger partial charge in [0.15, 0.2) is 11.5 Å². The summed E-state index contributed by atoms with van der Waals surface area (Å²) in [5.74, 6) is -1.06. The summed E-state index contributed by atoms with van der Waals surface area (Å²) in [5.41, 5.74) is 5.68. The Kier molecular flexibility index (Phi) is 2.70. The van der Waals surface area contributed by atoms with Crippen LogP contribution in [0, 0.1) is 0 Å². The molecule has 0 bridgehead atoms. The Hall–Kier alpha value is -1.75. The first kappa shape index (κ1) is 10.8. The number of phenols is 2. The molecule has 0 heterocycles. The number of carbonyl (C=O) groups is 1. The third-order valence-electron chi connectivity index (χ3n) is 2.77. The first-order valence-electron chi connectivity index (χ1n) is 5.15. The second kappa shape index (κ2) is 4.02. The molecular weight excluding hydrogens is 208 g/mol. The highest BCUT2D eigenvalue weighted by molar-refractivity contribution is 5.97. The van der Waals surface area contributed by atoms with Crippen LogP contribution in [0.5, 0.6) is 11.5 Å². The molecule has 0 unspecified atom stereocenters. The predicted molar refractivity (Wildman–Crippen MR) is 58.2 cm³/mol. The number of rotatable bonds is 2. The lowest BCUT2D eigenvalue weighted by Gasteiger charge is -2.33. The molecule has 5 nitrogen and oxygen atoms in total. The normalized spacial score (nSPS) is 23.6. The van der Waals surface area contributed by atoms with Crippen LogP contribution in [0.3, 0.4) is 0 Å². The second-order valence-electron chi connectivity index (χ2n) is 4.08. The molecule has 86 valence electrons. The highest BCUT2D eigenvalue weighted by atomic mass is 16.3. The van der Waals surface area contributed by atoms with Crippen molar-refractivity contribution in [3.05, 3.63) is 23.8 Å². The van der Waals surface area contributed by atoms with Crippen LogP contribution in [0.15, 0.2) is 18.2 Å². The molecule has 2 rings (SSSR count). The van der Waals surface area contributed by atoms with Crippen LogP contribution < -0.4 is 11.1 Å². The molecule has 0 aromatic heterocycles. The van der Waals surface area contributed by atoms with Gasteiger partial charge in [0.1, 0.15) is 0 Å². The standard InChI is InChI=1S/C11H14N2O3/c12-6-4-7(5-6)13-11(16)8-2-1-3-9(14)10(8)15/h1-3,6-7,14-15H,4-5,12H2,(H,13,16). The monoisotopic (exact) mass is 222 g/mol. The van der Waals surface area contributed by atoms with Gasteiger partial charge in [-0.1, -0.05) is 6.07 Å². The number of nitrogens with one attached hydrogen (secondary N) is 1. The maximum absolute atomic E-state index is 11.7. The van der Waals surface area contributed by atoms with Gasteiger partial charge < -0.3 is 21.3 Å². The SMILES string of the molecule is NC1CC(NC(=O)c2cccc(O)c2O)C1. The van der Waals surface area contributed by atoms with E-state index in [0.717, 1.165) is 12.8 Å². The van der Waals surface area contributed by atoms with Gasteiger partial charge in [0, 0.05) is 12.1 Å². The average molecular weight is 222 g/mol. The summed E-state index contributed by atoms with van der Waals surface area (Å²) in [6, 6.07) is 4.53. The summed E-state index contributed by atoms with van der Waals surface area (Å²) in [4.78, 5) is 11.7. The van der Waals surface area contributed by atoms with E-state index in [2.05, 4.69) is 5.32 Å². The van der Waals surface area contributed by atoms with Crippen molar-refractivity contribution in [1.29, 1.82) is 0 Å². The lowest BCUT2D eigenvalue weighted by molar-refractivity contribution is 0.0907. The molecule has 5 heteroatoms. The topological polar surface area (TPSA) is 95.6 Å². The van der Waals surface area contributed by atoms with Crippen LogP contribution in [0.2, 0.25) is 0 Å². The van der Waals surface area contributed by atoms with Crippen LogP contribution in [0.1, 0.15) is 23.2 Å². The molecule has 5 N–H and O–H groups in total. The van der Waals surface area contributed by atoms with Crippen molar-refractivity contribution in [2.75, 3.05) is 0 Å². The second-order valence-corrected chi connectivity index (χ2v) is 4.08. The van der Waals surface area contributed by atoms with E-state index in [-0.39, 0.29) is 35.1 Å². The minimum Gasteiger partial charge on any atom is -0.504 e. The molecule has 1 aliphatic rings. The molecule has 1 amide bonds. The summed E-state index contributed by atoms with van der Waals surface area (Å²) in [5, 5.41) is 21.5. The van der Waals surface area contributed by atoms with Gasteiger partial charge in [-0.2, -0.15) is 0 Å². The molecule has 1 aromatic carbocycles. The minimum absolute atomic E-state index is 0.0734. The highest BCUT2D eigenvalue weighted by Gasteiger charge is 2.28. The van der Waals surface area contributed by atoms with Gasteiger partial charge in [0.05, 0.1) is 5.56 Å². The largest absolute Gasteiger partial charge is 0.504 e. The number of nitrogens with two attached hydrogens (primary N) is 1. The van der Waals surface area contributed by atoms with Gasteiger partial charge in [-0.3, -0.25) is 4.79 Å². The van der Waals surface area contributed by atoms with E-state index in [1.165, 1.54) is 18.2 Å². The number of hydrogen-bond donors (Lipinski definition) is 4. The van der Waals surface area contributed by atoms with Crippen LogP contribution >= 0.6 is 0 Å². The summed E-state index contributed by atoms with van der Waals surface area (Å²) in [6.45, 7) is 0. The molecular formula is C11H14N2O3. The fraction of sp³-hybridized carbons (Fsp3) is 0.364. The molecule has 0 spiro atoms. The number of phenolic OH excluding ortho intramolecular Hbond substituents is 2. The number of benzene rings is 1. The zero-order valence-electron chi connectivity index (χ0n) is 8.68. The first-order chi connectivity index (χ1) is 7.58. The molecule has 0 atom stereocenters. The minimum atomic E-state index is -0.386. The van der Waals surface area contributed by atoms with Crippen LogP contribution in [0.25, 0.3) is 0 Å². The molecule has 16 heavy (non-hydrogen) atoms. The van der Waals surface area contributed by atoms with Gasteiger partial charge in [0.2, 0.25) is 0 Å². The number of aromatic hydroxyl groups is 2. The van der Waals surface area contributed by atoms with Crippen molar-refractivity contribution in [3.8, 4) is 11.5 Å². The smallest absolute Gasteiger partial charge is 0.255 e. The van der Waals surface area contributed by atoms with Gasteiger partial charge in [0.25, 0.3) is 5.91 Å². The fourth-order valence-corrected chi connectivity index (χ4v) is 1.76. The molecule has 1 saturated carbocycles. The van der Waals surface area contributed by atoms with Gasteiger partial charge >= 0.3 is 0 Å². The van der Waals surface area contributed by atoms with Crippen molar-refractivity contribution < 1.29 is 15.0 Å². The summed E-state index contributed by atoms with van der Waals surface area (Å²) >= 11 is 0. The Bertz CT molecular complexity index is 414. The average Bonchev–Trinajstić information content (AvgIpc) is 2.19. The molecule has 1 fully saturated rings. The zero-order chi connectivity index (χ0) is 11.7. The van der Waals surface area contributed by atoms with E-state index < -0.39 is 0 Å². The molecule has 1 aliphatic carbocycles. The van der Waals surface area contributed by atoms with Gasteiger partial charge in [-0.15, -0.1) is 0 Å². The van der Waals surface area contributed by atoms with E-state index in [1.807, 2.05) is 0 Å². The van der Waals surface area contributed by atoms with E-state index in [4.69, 9.17) is 5.73 Å². The van der Waals surface area contributed by atoms with Crippen molar-refractivity contribution in [1.82, 2.24) is 5.32 Å². The molecule has 1 aromatic rings. The van der Waals surface area contributed by atoms with Crippen molar-refractivity contribution in [2.45, 2.75) is 24.9 Å². The number of amides is 1. The Labute approximate surface area is 92.9 Å². The Morgan fingerprint density at radius 1 is 1.38 bits per heavy atom. The Balaban J connectivity index is 2.06. The maximum atomic E-state index is 11.7. The van der Waals surface area contributed by atoms with E-state index in [1.54, 1.807) is 0 Å². The summed E-state index contributed by atoms with van der Waals surface area (Å²) in [6.07, 6.45) is 1.51. The third kappa shape index (κ3) is 1.94. The molecule has 0 aliphatic heterocycles. The Morgan fingerprint density at radius 3 is 2.69 bits per heavy atom. The fourth-order valence-electron chi connectivity index (χ4n) is 1.76.